The second kappa shape index (κ2) is 5.64. The second-order valence-electron chi connectivity index (χ2n) is 5.36. The molecule has 0 spiro atoms. The molecule has 104 valence electrons. The number of pyridine rings is 1. The number of aromatic nitrogens is 1. The van der Waals surface area contributed by atoms with E-state index in [2.05, 4.69) is 57.5 Å². The lowest BCUT2D eigenvalue weighted by molar-refractivity contribution is 0.445. The minimum absolute atomic E-state index is 0.0844. The Labute approximate surface area is 127 Å². The van der Waals surface area contributed by atoms with Gasteiger partial charge < -0.3 is 0 Å². The third-order valence-electron chi connectivity index (χ3n) is 4.07. The number of hydrazine groups is 1. The SMILES string of the molecule is Cc1ccc(C(NN)C2CCc3cccnc32)c(Br)c1. The summed E-state index contributed by atoms with van der Waals surface area (Å²) in [6.07, 6.45) is 4.03. The molecule has 1 aromatic heterocycles. The smallest absolute Gasteiger partial charge is 0.0554 e. The van der Waals surface area contributed by atoms with E-state index in [-0.39, 0.29) is 6.04 Å². The quantitative estimate of drug-likeness (QED) is 0.669. The number of benzene rings is 1. The maximum Gasteiger partial charge on any atom is 0.0554 e. The summed E-state index contributed by atoms with van der Waals surface area (Å²) in [5.41, 5.74) is 7.96. The molecule has 3 nitrogen and oxygen atoms in total. The standard InChI is InChI=1S/C16H18BrN3/c1-10-4-6-12(14(17)9-10)16(20-18)13-7-5-11-3-2-8-19-15(11)13/h2-4,6,8-9,13,16,20H,5,7,18H2,1H3. The molecule has 2 unspecified atom stereocenters. The Bertz CT molecular complexity index is 627. The van der Waals surface area contributed by atoms with Crippen LogP contribution in [0.25, 0.3) is 0 Å². The average molecular weight is 332 g/mol. The van der Waals surface area contributed by atoms with Gasteiger partial charge in [0.2, 0.25) is 0 Å². The summed E-state index contributed by atoms with van der Waals surface area (Å²) in [6, 6.07) is 10.7. The molecule has 1 aromatic carbocycles. The number of hydrogen-bond donors (Lipinski definition) is 2. The molecular formula is C16H18BrN3. The summed E-state index contributed by atoms with van der Waals surface area (Å²) in [5, 5.41) is 0. The lowest BCUT2D eigenvalue weighted by Crippen LogP contribution is -2.32. The van der Waals surface area contributed by atoms with E-state index in [4.69, 9.17) is 5.84 Å². The zero-order chi connectivity index (χ0) is 14.1. The lowest BCUT2D eigenvalue weighted by atomic mass is 9.91. The molecular weight excluding hydrogens is 314 g/mol. The Hall–Kier alpha value is -1.23. The third kappa shape index (κ3) is 2.39. The van der Waals surface area contributed by atoms with Gasteiger partial charge in [-0.05, 0) is 48.6 Å². The van der Waals surface area contributed by atoms with E-state index in [1.54, 1.807) is 0 Å². The van der Waals surface area contributed by atoms with E-state index in [0.717, 1.165) is 17.3 Å². The number of halogens is 1. The van der Waals surface area contributed by atoms with Gasteiger partial charge in [0.15, 0.2) is 0 Å². The molecule has 1 aliphatic carbocycles. The Morgan fingerprint density at radius 3 is 3.00 bits per heavy atom. The van der Waals surface area contributed by atoms with Crippen molar-refractivity contribution in [2.24, 2.45) is 5.84 Å². The van der Waals surface area contributed by atoms with E-state index in [1.807, 2.05) is 12.3 Å². The van der Waals surface area contributed by atoms with E-state index in [1.165, 1.54) is 22.4 Å². The molecule has 1 aliphatic rings. The zero-order valence-electron chi connectivity index (χ0n) is 11.4. The van der Waals surface area contributed by atoms with Gasteiger partial charge in [-0.1, -0.05) is 34.1 Å². The summed E-state index contributed by atoms with van der Waals surface area (Å²) in [5.74, 6) is 6.18. The van der Waals surface area contributed by atoms with Gasteiger partial charge in [-0.2, -0.15) is 0 Å². The summed E-state index contributed by atoms with van der Waals surface area (Å²) >= 11 is 3.66. The van der Waals surface area contributed by atoms with Crippen LogP contribution in [0.15, 0.2) is 41.0 Å². The third-order valence-corrected chi connectivity index (χ3v) is 4.76. The molecule has 0 radical (unpaired) electrons. The van der Waals surface area contributed by atoms with E-state index in [9.17, 15) is 0 Å². The van der Waals surface area contributed by atoms with Crippen LogP contribution in [-0.4, -0.2) is 4.98 Å². The predicted octanol–water partition coefficient (Wildman–Crippen LogP) is 3.39. The first kappa shape index (κ1) is 13.7. The van der Waals surface area contributed by atoms with Gasteiger partial charge in [0.1, 0.15) is 0 Å². The van der Waals surface area contributed by atoms with Crippen molar-refractivity contribution in [2.45, 2.75) is 31.7 Å². The monoisotopic (exact) mass is 331 g/mol. The molecule has 0 amide bonds. The van der Waals surface area contributed by atoms with Crippen LogP contribution in [-0.2, 0) is 6.42 Å². The van der Waals surface area contributed by atoms with Crippen molar-refractivity contribution in [2.75, 3.05) is 0 Å². The molecule has 0 saturated heterocycles. The normalized spacial score (nSPS) is 18.9. The minimum Gasteiger partial charge on any atom is -0.271 e. The van der Waals surface area contributed by atoms with E-state index in [0.29, 0.717) is 5.92 Å². The van der Waals surface area contributed by atoms with Gasteiger partial charge in [0, 0.05) is 22.3 Å². The summed E-state index contributed by atoms with van der Waals surface area (Å²) in [4.78, 5) is 4.57. The van der Waals surface area contributed by atoms with Crippen molar-refractivity contribution in [3.05, 3.63) is 63.4 Å². The number of fused-ring (bicyclic) bond motifs is 1. The van der Waals surface area contributed by atoms with Crippen LogP contribution in [0.4, 0.5) is 0 Å². The highest BCUT2D eigenvalue weighted by atomic mass is 79.9. The van der Waals surface area contributed by atoms with Crippen LogP contribution < -0.4 is 11.3 Å². The topological polar surface area (TPSA) is 50.9 Å². The molecule has 0 bridgehead atoms. The highest BCUT2D eigenvalue weighted by Gasteiger charge is 2.32. The minimum atomic E-state index is 0.0844. The van der Waals surface area contributed by atoms with E-state index < -0.39 is 0 Å². The highest BCUT2D eigenvalue weighted by Crippen LogP contribution is 2.41. The Morgan fingerprint density at radius 1 is 1.40 bits per heavy atom. The first-order chi connectivity index (χ1) is 9.70. The summed E-state index contributed by atoms with van der Waals surface area (Å²) in [7, 11) is 0. The van der Waals surface area contributed by atoms with E-state index >= 15 is 0 Å². The second-order valence-corrected chi connectivity index (χ2v) is 6.22. The van der Waals surface area contributed by atoms with Gasteiger partial charge in [-0.25, -0.2) is 0 Å². The van der Waals surface area contributed by atoms with Gasteiger partial charge in [-0.15, -0.1) is 0 Å². The molecule has 0 saturated carbocycles. The van der Waals surface area contributed by atoms with Gasteiger partial charge in [0.05, 0.1) is 6.04 Å². The molecule has 2 aromatic rings. The van der Waals surface area contributed by atoms with Crippen molar-refractivity contribution in [1.82, 2.24) is 10.4 Å². The first-order valence-electron chi connectivity index (χ1n) is 6.86. The number of nitrogens with zero attached hydrogens (tertiary/aromatic N) is 1. The number of aryl methyl sites for hydroxylation is 2. The van der Waals surface area contributed by atoms with Gasteiger partial charge >= 0.3 is 0 Å². The molecule has 20 heavy (non-hydrogen) atoms. The maximum absolute atomic E-state index is 5.85. The lowest BCUT2D eigenvalue weighted by Gasteiger charge is -2.24. The van der Waals surface area contributed by atoms with Gasteiger partial charge in [-0.3, -0.25) is 16.3 Å². The molecule has 2 atom stereocenters. The van der Waals surface area contributed by atoms with Crippen LogP contribution in [0, 0.1) is 6.92 Å². The Kier molecular flexibility index (Phi) is 3.87. The fraction of sp³-hybridized carbons (Fsp3) is 0.312. The fourth-order valence-electron chi connectivity index (χ4n) is 3.08. The highest BCUT2D eigenvalue weighted by molar-refractivity contribution is 9.10. The van der Waals surface area contributed by atoms with Gasteiger partial charge in [0.25, 0.3) is 0 Å². The number of nitrogens with one attached hydrogen (secondary N) is 1. The van der Waals surface area contributed by atoms with Crippen molar-refractivity contribution >= 4 is 15.9 Å². The van der Waals surface area contributed by atoms with Crippen LogP contribution >= 0.6 is 15.9 Å². The number of hydrogen-bond acceptors (Lipinski definition) is 3. The molecule has 1 heterocycles. The van der Waals surface area contributed by atoms with Crippen molar-refractivity contribution in [3.8, 4) is 0 Å². The van der Waals surface area contributed by atoms with Crippen LogP contribution in [0.2, 0.25) is 0 Å². The molecule has 0 aliphatic heterocycles. The number of nitrogens with two attached hydrogens (primary N) is 1. The summed E-state index contributed by atoms with van der Waals surface area (Å²) in [6.45, 7) is 2.09. The molecule has 0 fully saturated rings. The van der Waals surface area contributed by atoms with Crippen molar-refractivity contribution < 1.29 is 0 Å². The molecule has 3 rings (SSSR count). The first-order valence-corrected chi connectivity index (χ1v) is 7.66. The Balaban J connectivity index is 1.99. The van der Waals surface area contributed by atoms with Crippen molar-refractivity contribution in [3.63, 3.8) is 0 Å². The average Bonchev–Trinajstić information content (AvgIpc) is 2.86. The van der Waals surface area contributed by atoms with Crippen LogP contribution in [0.3, 0.4) is 0 Å². The fourth-order valence-corrected chi connectivity index (χ4v) is 3.82. The van der Waals surface area contributed by atoms with Crippen LogP contribution in [0.5, 0.6) is 0 Å². The zero-order valence-corrected chi connectivity index (χ0v) is 13.0. The maximum atomic E-state index is 5.85. The van der Waals surface area contributed by atoms with Crippen molar-refractivity contribution in [1.29, 1.82) is 0 Å². The Morgan fingerprint density at radius 2 is 2.25 bits per heavy atom. The summed E-state index contributed by atoms with van der Waals surface area (Å²) < 4.78 is 1.10. The predicted molar refractivity (Wildman–Crippen MR) is 84.2 cm³/mol. The number of rotatable bonds is 3. The molecule has 3 N–H and O–H groups in total. The van der Waals surface area contributed by atoms with Crippen LogP contribution in [0.1, 0.15) is 40.8 Å². The largest absolute Gasteiger partial charge is 0.271 e. The molecule has 4 heteroatoms.